The number of carbonyl (C=O) groups excluding carboxylic acids is 1. The third-order valence-electron chi connectivity index (χ3n) is 4.13. The van der Waals surface area contributed by atoms with Crippen molar-refractivity contribution in [2.75, 3.05) is 26.2 Å². The molecule has 0 radical (unpaired) electrons. The first-order chi connectivity index (χ1) is 10.7. The van der Waals surface area contributed by atoms with Gasteiger partial charge in [0.1, 0.15) is 0 Å². The molecule has 1 unspecified atom stereocenters. The van der Waals surface area contributed by atoms with Crippen LogP contribution in [0.2, 0.25) is 0 Å². The molecule has 1 atom stereocenters. The van der Waals surface area contributed by atoms with Gasteiger partial charge < -0.3 is 15.5 Å². The zero-order valence-electron chi connectivity index (χ0n) is 13.6. The summed E-state index contributed by atoms with van der Waals surface area (Å²) in [6, 6.07) is 2.24. The highest BCUT2D eigenvalue weighted by atomic mass is 32.1. The van der Waals surface area contributed by atoms with Crippen LogP contribution < -0.4 is 10.6 Å². The predicted octanol–water partition coefficient (Wildman–Crippen LogP) is 3.24. The molecular formula is C17H29N3OS. The molecule has 124 valence electrons. The molecule has 2 N–H and O–H groups in total. The fraction of sp³-hybridized carbons (Fsp3) is 0.706. The molecule has 2 rings (SSSR count). The van der Waals surface area contributed by atoms with Crippen molar-refractivity contribution < 1.29 is 4.79 Å². The lowest BCUT2D eigenvalue weighted by molar-refractivity contribution is 0.235. The quantitative estimate of drug-likeness (QED) is 0.757. The van der Waals surface area contributed by atoms with E-state index in [-0.39, 0.29) is 12.1 Å². The maximum atomic E-state index is 11.9. The zero-order chi connectivity index (χ0) is 15.6. The topological polar surface area (TPSA) is 44.4 Å². The van der Waals surface area contributed by atoms with Crippen LogP contribution in [0.15, 0.2) is 16.8 Å². The Kier molecular flexibility index (Phi) is 7.74. The molecule has 1 aromatic heterocycles. The Labute approximate surface area is 138 Å². The highest BCUT2D eigenvalue weighted by molar-refractivity contribution is 7.07. The number of likely N-dealkylation sites (tertiary alicyclic amines) is 1. The minimum atomic E-state index is -0.0430. The molecule has 0 spiro atoms. The summed E-state index contributed by atoms with van der Waals surface area (Å²) in [5, 5.41) is 10.2. The van der Waals surface area contributed by atoms with Crippen molar-refractivity contribution in [2.45, 2.75) is 51.5 Å². The van der Waals surface area contributed by atoms with E-state index in [0.29, 0.717) is 0 Å². The molecule has 1 aliphatic rings. The van der Waals surface area contributed by atoms with Gasteiger partial charge in [-0.15, -0.1) is 0 Å². The van der Waals surface area contributed by atoms with E-state index in [2.05, 4.69) is 39.3 Å². The third kappa shape index (κ3) is 6.79. The van der Waals surface area contributed by atoms with Crippen LogP contribution in [0.1, 0.15) is 44.6 Å². The number of amides is 2. The minimum Gasteiger partial charge on any atom is -0.338 e. The van der Waals surface area contributed by atoms with Crippen LogP contribution in [0.25, 0.3) is 0 Å². The van der Waals surface area contributed by atoms with Crippen molar-refractivity contribution >= 4 is 17.4 Å². The Morgan fingerprint density at radius 1 is 1.32 bits per heavy atom. The van der Waals surface area contributed by atoms with Crippen molar-refractivity contribution in [1.29, 1.82) is 0 Å². The molecule has 1 aromatic rings. The fourth-order valence-electron chi connectivity index (χ4n) is 2.95. The first-order valence-corrected chi connectivity index (χ1v) is 9.46. The van der Waals surface area contributed by atoms with Gasteiger partial charge in [0, 0.05) is 12.6 Å². The number of hydrogen-bond acceptors (Lipinski definition) is 3. The second-order valence-electron chi connectivity index (χ2n) is 6.25. The number of thiophene rings is 1. The van der Waals surface area contributed by atoms with Gasteiger partial charge in [-0.3, -0.25) is 0 Å². The van der Waals surface area contributed by atoms with Gasteiger partial charge in [0.05, 0.1) is 0 Å². The minimum absolute atomic E-state index is 0.0430. The molecule has 1 aliphatic heterocycles. The Bertz CT molecular complexity index is 414. The summed E-state index contributed by atoms with van der Waals surface area (Å²) in [5.74, 6) is 0. The van der Waals surface area contributed by atoms with Crippen LogP contribution in [0.4, 0.5) is 4.79 Å². The van der Waals surface area contributed by atoms with Gasteiger partial charge in [0.25, 0.3) is 0 Å². The highest BCUT2D eigenvalue weighted by Crippen LogP contribution is 2.10. The molecule has 0 aromatic carbocycles. The second-order valence-corrected chi connectivity index (χ2v) is 7.03. The lowest BCUT2D eigenvalue weighted by Gasteiger charge is -2.20. The van der Waals surface area contributed by atoms with E-state index in [4.69, 9.17) is 0 Å². The molecule has 0 bridgehead atoms. The van der Waals surface area contributed by atoms with Gasteiger partial charge in [0.15, 0.2) is 0 Å². The Morgan fingerprint density at radius 3 is 2.77 bits per heavy atom. The average molecular weight is 324 g/mol. The molecule has 1 fully saturated rings. The number of carbonyl (C=O) groups is 1. The summed E-state index contributed by atoms with van der Waals surface area (Å²) < 4.78 is 0. The van der Waals surface area contributed by atoms with Crippen molar-refractivity contribution in [3.8, 4) is 0 Å². The summed E-state index contributed by atoms with van der Waals surface area (Å²) in [5.41, 5.74) is 1.29. The maximum absolute atomic E-state index is 11.9. The first-order valence-electron chi connectivity index (χ1n) is 8.52. The summed E-state index contributed by atoms with van der Waals surface area (Å²) >= 11 is 1.70. The van der Waals surface area contributed by atoms with Gasteiger partial charge in [-0.25, -0.2) is 4.79 Å². The van der Waals surface area contributed by atoms with Gasteiger partial charge in [0.2, 0.25) is 0 Å². The van der Waals surface area contributed by atoms with Crippen LogP contribution in [-0.4, -0.2) is 43.2 Å². The molecule has 4 nitrogen and oxygen atoms in total. The SMILES string of the molecule is CC(Cc1ccsc1)NC(=O)NCCCN1CCCCCC1. The Balaban J connectivity index is 1.53. The van der Waals surface area contributed by atoms with Gasteiger partial charge in [-0.05, 0) is 74.6 Å². The van der Waals surface area contributed by atoms with Crippen molar-refractivity contribution in [2.24, 2.45) is 0 Å². The van der Waals surface area contributed by atoms with Crippen LogP contribution in [0.3, 0.4) is 0 Å². The lowest BCUT2D eigenvalue weighted by Crippen LogP contribution is -2.42. The number of nitrogens with zero attached hydrogens (tertiary/aromatic N) is 1. The normalized spacial score (nSPS) is 17.7. The summed E-state index contributed by atoms with van der Waals surface area (Å²) in [6.45, 7) is 6.36. The Morgan fingerprint density at radius 2 is 2.09 bits per heavy atom. The average Bonchev–Trinajstić information content (AvgIpc) is 2.85. The van der Waals surface area contributed by atoms with E-state index >= 15 is 0 Å². The van der Waals surface area contributed by atoms with Gasteiger partial charge >= 0.3 is 6.03 Å². The van der Waals surface area contributed by atoms with E-state index in [1.165, 1.54) is 44.3 Å². The Hall–Kier alpha value is -1.07. The van der Waals surface area contributed by atoms with Gasteiger partial charge in [-0.2, -0.15) is 11.3 Å². The van der Waals surface area contributed by atoms with E-state index < -0.39 is 0 Å². The van der Waals surface area contributed by atoms with E-state index in [9.17, 15) is 4.79 Å². The monoisotopic (exact) mass is 323 g/mol. The van der Waals surface area contributed by atoms with E-state index in [1.54, 1.807) is 11.3 Å². The fourth-order valence-corrected chi connectivity index (χ4v) is 3.63. The number of nitrogens with one attached hydrogen (secondary N) is 2. The molecule has 0 saturated carbocycles. The lowest BCUT2D eigenvalue weighted by atomic mass is 10.1. The van der Waals surface area contributed by atoms with E-state index in [0.717, 1.165) is 25.9 Å². The summed E-state index contributed by atoms with van der Waals surface area (Å²) in [4.78, 5) is 14.4. The van der Waals surface area contributed by atoms with Crippen molar-refractivity contribution in [3.63, 3.8) is 0 Å². The number of urea groups is 1. The summed E-state index contributed by atoms with van der Waals surface area (Å²) in [6.07, 6.45) is 7.33. The standard InChI is InChI=1S/C17H29N3OS/c1-15(13-16-7-12-22-14-16)19-17(21)18-8-6-11-20-9-4-2-3-5-10-20/h7,12,14-15H,2-6,8-11,13H2,1H3,(H2,18,19,21). The van der Waals surface area contributed by atoms with Crippen LogP contribution >= 0.6 is 11.3 Å². The molecule has 2 amide bonds. The van der Waals surface area contributed by atoms with Crippen LogP contribution in [0, 0.1) is 0 Å². The second kappa shape index (κ2) is 9.85. The zero-order valence-corrected chi connectivity index (χ0v) is 14.5. The predicted molar refractivity (Wildman–Crippen MR) is 93.5 cm³/mol. The number of hydrogen-bond donors (Lipinski definition) is 2. The van der Waals surface area contributed by atoms with Crippen LogP contribution in [0.5, 0.6) is 0 Å². The first kappa shape index (κ1) is 17.3. The molecule has 5 heteroatoms. The third-order valence-corrected chi connectivity index (χ3v) is 4.87. The largest absolute Gasteiger partial charge is 0.338 e. The van der Waals surface area contributed by atoms with Crippen molar-refractivity contribution in [1.82, 2.24) is 15.5 Å². The van der Waals surface area contributed by atoms with Gasteiger partial charge in [-0.1, -0.05) is 12.8 Å². The maximum Gasteiger partial charge on any atom is 0.315 e. The highest BCUT2D eigenvalue weighted by Gasteiger charge is 2.10. The summed E-state index contributed by atoms with van der Waals surface area (Å²) in [7, 11) is 0. The molecule has 1 saturated heterocycles. The van der Waals surface area contributed by atoms with Crippen molar-refractivity contribution in [3.05, 3.63) is 22.4 Å². The molecule has 22 heavy (non-hydrogen) atoms. The smallest absolute Gasteiger partial charge is 0.315 e. The number of rotatable bonds is 7. The van der Waals surface area contributed by atoms with E-state index in [1.807, 2.05) is 0 Å². The molecule has 0 aliphatic carbocycles. The van der Waals surface area contributed by atoms with Crippen LogP contribution in [-0.2, 0) is 6.42 Å². The molecule has 2 heterocycles. The molecular weight excluding hydrogens is 294 g/mol.